The summed E-state index contributed by atoms with van der Waals surface area (Å²) in [6.07, 6.45) is 0.658. The fourth-order valence-electron chi connectivity index (χ4n) is 1.25. The summed E-state index contributed by atoms with van der Waals surface area (Å²) in [5.41, 5.74) is 0. The number of aliphatic hydroxyl groups is 1. The van der Waals surface area contributed by atoms with Crippen molar-refractivity contribution < 1.29 is 14.6 Å². The number of carbonyl (C=O) groups is 1. The number of hydrogen-bond acceptors (Lipinski definition) is 6. The normalized spacial score (nSPS) is 12.5. The number of aromatic nitrogens is 3. The SMILES string of the molecule is CCOC(=O)C(CC)Sc1nnc(CO)n1C. The fraction of sp³-hybridized carbons (Fsp3) is 0.700. The van der Waals surface area contributed by atoms with Crippen LogP contribution in [-0.4, -0.2) is 37.7 Å². The average Bonchev–Trinajstić information content (AvgIpc) is 2.67. The van der Waals surface area contributed by atoms with Crippen LogP contribution in [-0.2, 0) is 23.2 Å². The zero-order valence-corrected chi connectivity index (χ0v) is 11.0. The van der Waals surface area contributed by atoms with Crippen molar-refractivity contribution in [2.45, 2.75) is 37.3 Å². The van der Waals surface area contributed by atoms with Gasteiger partial charge in [0.25, 0.3) is 0 Å². The van der Waals surface area contributed by atoms with Crippen LogP contribution >= 0.6 is 11.8 Å². The summed E-state index contributed by atoms with van der Waals surface area (Å²) in [6.45, 7) is 3.90. The van der Waals surface area contributed by atoms with Gasteiger partial charge in [-0.25, -0.2) is 0 Å². The van der Waals surface area contributed by atoms with Crippen molar-refractivity contribution in [2.24, 2.45) is 7.05 Å². The van der Waals surface area contributed by atoms with Crippen LogP contribution in [0.15, 0.2) is 5.16 Å². The Balaban J connectivity index is 2.73. The number of rotatable bonds is 6. The minimum Gasteiger partial charge on any atom is -0.465 e. The molecule has 1 N–H and O–H groups in total. The summed E-state index contributed by atoms with van der Waals surface area (Å²) in [4.78, 5) is 11.6. The highest BCUT2D eigenvalue weighted by Gasteiger charge is 2.22. The molecule has 96 valence electrons. The van der Waals surface area contributed by atoms with Gasteiger partial charge in [0, 0.05) is 7.05 Å². The first-order chi connectivity index (χ1) is 8.13. The van der Waals surface area contributed by atoms with Crippen molar-refractivity contribution >= 4 is 17.7 Å². The zero-order chi connectivity index (χ0) is 12.8. The lowest BCUT2D eigenvalue weighted by Crippen LogP contribution is -2.20. The van der Waals surface area contributed by atoms with E-state index in [1.54, 1.807) is 18.5 Å². The largest absolute Gasteiger partial charge is 0.465 e. The van der Waals surface area contributed by atoms with Gasteiger partial charge in [-0.3, -0.25) is 4.79 Å². The Morgan fingerprint density at radius 3 is 2.71 bits per heavy atom. The highest BCUT2D eigenvalue weighted by molar-refractivity contribution is 8.00. The first-order valence-corrected chi connectivity index (χ1v) is 6.34. The lowest BCUT2D eigenvalue weighted by Gasteiger charge is -2.12. The van der Waals surface area contributed by atoms with Crippen molar-refractivity contribution in [3.8, 4) is 0 Å². The highest BCUT2D eigenvalue weighted by atomic mass is 32.2. The van der Waals surface area contributed by atoms with Crippen LogP contribution in [0.4, 0.5) is 0 Å². The molecule has 1 aromatic rings. The monoisotopic (exact) mass is 259 g/mol. The number of aliphatic hydroxyl groups excluding tert-OH is 1. The van der Waals surface area contributed by atoms with E-state index in [0.29, 0.717) is 24.0 Å². The minimum absolute atomic E-state index is 0.166. The van der Waals surface area contributed by atoms with Crippen molar-refractivity contribution in [1.29, 1.82) is 0 Å². The lowest BCUT2D eigenvalue weighted by molar-refractivity contribution is -0.142. The molecule has 0 fully saturated rings. The maximum atomic E-state index is 11.6. The minimum atomic E-state index is -0.288. The second-order valence-electron chi connectivity index (χ2n) is 3.38. The molecule has 0 saturated carbocycles. The van der Waals surface area contributed by atoms with E-state index in [0.717, 1.165) is 0 Å². The molecule has 1 heterocycles. The second kappa shape index (κ2) is 6.61. The first kappa shape index (κ1) is 14.0. The summed E-state index contributed by atoms with van der Waals surface area (Å²) >= 11 is 1.30. The number of thioether (sulfide) groups is 1. The Labute approximate surface area is 104 Å². The molecule has 0 aliphatic carbocycles. The number of esters is 1. The van der Waals surface area contributed by atoms with Crippen molar-refractivity contribution in [3.63, 3.8) is 0 Å². The molecule has 1 unspecified atom stereocenters. The topological polar surface area (TPSA) is 77.2 Å². The maximum Gasteiger partial charge on any atom is 0.319 e. The molecule has 1 atom stereocenters. The van der Waals surface area contributed by atoms with Crippen LogP contribution in [0.1, 0.15) is 26.1 Å². The van der Waals surface area contributed by atoms with Gasteiger partial charge in [0.05, 0.1) is 6.61 Å². The quantitative estimate of drug-likeness (QED) is 0.600. The van der Waals surface area contributed by atoms with Crippen molar-refractivity contribution in [1.82, 2.24) is 14.8 Å². The lowest BCUT2D eigenvalue weighted by atomic mass is 10.3. The van der Waals surface area contributed by atoms with Gasteiger partial charge in [0.15, 0.2) is 11.0 Å². The molecule has 0 aliphatic heterocycles. The molecule has 7 heteroatoms. The van der Waals surface area contributed by atoms with Crippen LogP contribution in [0.3, 0.4) is 0 Å². The first-order valence-electron chi connectivity index (χ1n) is 5.46. The van der Waals surface area contributed by atoms with Crippen LogP contribution in [0.2, 0.25) is 0 Å². The molecular formula is C10H17N3O3S. The Bertz CT molecular complexity index is 381. The Morgan fingerprint density at radius 1 is 1.53 bits per heavy atom. The molecule has 0 radical (unpaired) electrons. The van der Waals surface area contributed by atoms with Gasteiger partial charge < -0.3 is 14.4 Å². The fourth-order valence-corrected chi connectivity index (χ4v) is 2.18. The molecule has 1 aromatic heterocycles. The highest BCUT2D eigenvalue weighted by Crippen LogP contribution is 2.24. The van der Waals surface area contributed by atoms with Gasteiger partial charge in [0.2, 0.25) is 0 Å². The van der Waals surface area contributed by atoms with E-state index in [1.165, 1.54) is 11.8 Å². The van der Waals surface area contributed by atoms with E-state index in [4.69, 9.17) is 9.84 Å². The molecule has 17 heavy (non-hydrogen) atoms. The predicted molar refractivity (Wildman–Crippen MR) is 63.5 cm³/mol. The predicted octanol–water partition coefficient (Wildman–Crippen LogP) is 0.741. The summed E-state index contributed by atoms with van der Waals surface area (Å²) in [5.74, 6) is 0.236. The van der Waals surface area contributed by atoms with Crippen molar-refractivity contribution in [2.75, 3.05) is 6.61 Å². The number of ether oxygens (including phenoxy) is 1. The molecule has 0 saturated heterocycles. The van der Waals surface area contributed by atoms with Gasteiger partial charge in [-0.1, -0.05) is 18.7 Å². The number of hydrogen-bond donors (Lipinski definition) is 1. The van der Waals surface area contributed by atoms with Crippen LogP contribution < -0.4 is 0 Å². The molecule has 0 amide bonds. The Hall–Kier alpha value is -1.08. The van der Waals surface area contributed by atoms with Gasteiger partial charge in [-0.05, 0) is 13.3 Å². The molecule has 6 nitrogen and oxygen atoms in total. The van der Waals surface area contributed by atoms with Crippen LogP contribution in [0.25, 0.3) is 0 Å². The van der Waals surface area contributed by atoms with E-state index >= 15 is 0 Å². The molecule has 0 aromatic carbocycles. The molecule has 1 rings (SSSR count). The zero-order valence-electron chi connectivity index (χ0n) is 10.2. The maximum absolute atomic E-state index is 11.6. The van der Waals surface area contributed by atoms with E-state index in [1.807, 2.05) is 6.92 Å². The standard InChI is InChI=1S/C10H17N3O3S/c1-4-7(9(15)16-5-2)17-10-12-11-8(6-14)13(10)3/h7,14H,4-6H2,1-3H3. The van der Waals surface area contributed by atoms with Gasteiger partial charge in [0.1, 0.15) is 11.9 Å². The third-order valence-corrected chi connectivity index (χ3v) is 3.61. The average molecular weight is 259 g/mol. The van der Waals surface area contributed by atoms with E-state index < -0.39 is 0 Å². The van der Waals surface area contributed by atoms with E-state index in [-0.39, 0.29) is 17.8 Å². The van der Waals surface area contributed by atoms with Gasteiger partial charge in [-0.2, -0.15) is 0 Å². The van der Waals surface area contributed by atoms with E-state index in [2.05, 4.69) is 10.2 Å². The summed E-state index contributed by atoms with van der Waals surface area (Å²) < 4.78 is 6.65. The third-order valence-electron chi connectivity index (χ3n) is 2.23. The number of nitrogens with zero attached hydrogens (tertiary/aromatic N) is 3. The smallest absolute Gasteiger partial charge is 0.319 e. The summed E-state index contributed by atoms with van der Waals surface area (Å²) in [5, 5.41) is 17.1. The second-order valence-corrected chi connectivity index (χ2v) is 4.55. The Kier molecular flexibility index (Phi) is 5.43. The van der Waals surface area contributed by atoms with Crippen molar-refractivity contribution in [3.05, 3.63) is 5.82 Å². The molecule has 0 spiro atoms. The molecular weight excluding hydrogens is 242 g/mol. The van der Waals surface area contributed by atoms with Gasteiger partial charge in [-0.15, -0.1) is 10.2 Å². The van der Waals surface area contributed by atoms with Gasteiger partial charge >= 0.3 is 5.97 Å². The van der Waals surface area contributed by atoms with E-state index in [9.17, 15) is 4.79 Å². The Morgan fingerprint density at radius 2 is 2.24 bits per heavy atom. The molecule has 0 bridgehead atoms. The number of carbonyl (C=O) groups excluding carboxylic acids is 1. The van der Waals surface area contributed by atoms with Crippen LogP contribution in [0, 0.1) is 0 Å². The summed E-state index contributed by atoms with van der Waals surface area (Å²) in [6, 6.07) is 0. The third kappa shape index (κ3) is 3.44. The molecule has 0 aliphatic rings. The summed E-state index contributed by atoms with van der Waals surface area (Å²) in [7, 11) is 1.76. The van der Waals surface area contributed by atoms with Crippen LogP contribution in [0.5, 0.6) is 0 Å².